The van der Waals surface area contributed by atoms with Gasteiger partial charge < -0.3 is 79.9 Å². The van der Waals surface area contributed by atoms with Crippen LogP contribution in [0.1, 0.15) is 17.2 Å². The average molecular weight is 613 g/mol. The Labute approximate surface area is 243 Å². The third kappa shape index (κ3) is 5.89. The van der Waals surface area contributed by atoms with Gasteiger partial charge in [-0.15, -0.1) is 0 Å². The quantitative estimate of drug-likeness (QED) is 0.146. The van der Waals surface area contributed by atoms with E-state index in [2.05, 4.69) is 0 Å². The van der Waals surface area contributed by atoms with Crippen LogP contribution in [-0.2, 0) is 18.9 Å². The van der Waals surface area contributed by atoms with E-state index in [1.807, 2.05) is 0 Å². The number of benzene rings is 2. The second-order valence-corrected chi connectivity index (χ2v) is 10.3. The number of fused-ring (bicyclic) bond motifs is 1. The summed E-state index contributed by atoms with van der Waals surface area (Å²) in [5.41, 5.74) is 0.276. The molecule has 3 aliphatic rings. The Bertz CT molecular complexity index is 1330. The summed E-state index contributed by atoms with van der Waals surface area (Å²) >= 11 is 0. The van der Waals surface area contributed by atoms with Gasteiger partial charge >= 0.3 is 0 Å². The van der Waals surface area contributed by atoms with Crippen LogP contribution in [0.25, 0.3) is 6.08 Å². The van der Waals surface area contributed by atoms with Crippen molar-refractivity contribution < 1.29 is 79.9 Å². The first-order chi connectivity index (χ1) is 20.4. The number of rotatable bonds is 7. The zero-order valence-electron chi connectivity index (χ0n) is 22.2. The largest absolute Gasteiger partial charge is 0.508 e. The molecule has 5 rings (SSSR count). The van der Waals surface area contributed by atoms with Crippen molar-refractivity contribution >= 4 is 6.08 Å². The van der Waals surface area contributed by atoms with Gasteiger partial charge in [0.2, 0.25) is 6.29 Å². The lowest BCUT2D eigenvalue weighted by molar-refractivity contribution is -0.357. The number of aromatic hydroxyl groups is 4. The highest BCUT2D eigenvalue weighted by molar-refractivity contribution is 5.69. The Balaban J connectivity index is 1.46. The lowest BCUT2D eigenvalue weighted by Gasteiger charge is -2.46. The number of ether oxygens (including phenoxy) is 5. The normalized spacial score (nSPS) is 35.9. The summed E-state index contributed by atoms with van der Waals surface area (Å²) in [6, 6.07) is 5.97. The monoisotopic (exact) mass is 612 g/mol. The van der Waals surface area contributed by atoms with Crippen molar-refractivity contribution in [3.8, 4) is 28.7 Å². The van der Waals surface area contributed by atoms with Crippen LogP contribution in [0.5, 0.6) is 28.7 Å². The van der Waals surface area contributed by atoms with Gasteiger partial charge in [-0.25, -0.2) is 0 Å². The summed E-state index contributed by atoms with van der Waals surface area (Å²) in [4.78, 5) is 0. The Morgan fingerprint density at radius 2 is 1.35 bits per heavy atom. The van der Waals surface area contributed by atoms with E-state index < -0.39 is 98.0 Å². The predicted molar refractivity (Wildman–Crippen MR) is 138 cm³/mol. The van der Waals surface area contributed by atoms with Crippen LogP contribution in [0.2, 0.25) is 0 Å². The molecular formula is C27H32O16. The molecule has 2 aromatic carbocycles. The van der Waals surface area contributed by atoms with Crippen LogP contribution in [0, 0.1) is 0 Å². The summed E-state index contributed by atoms with van der Waals surface area (Å²) in [6.07, 6.45) is -16.9. The second-order valence-electron chi connectivity index (χ2n) is 10.3. The molecule has 0 saturated carbocycles. The molecule has 0 radical (unpaired) electrons. The Hall–Kier alpha value is -3.42. The van der Waals surface area contributed by atoms with Crippen molar-refractivity contribution in [1.29, 1.82) is 0 Å². The van der Waals surface area contributed by atoms with E-state index in [0.717, 1.165) is 12.1 Å². The van der Waals surface area contributed by atoms with Crippen LogP contribution in [0.4, 0.5) is 0 Å². The van der Waals surface area contributed by atoms with Crippen LogP contribution in [-0.4, -0.2) is 131 Å². The molecule has 3 heterocycles. The number of hydrogen-bond donors (Lipinski definition) is 11. The first kappa shape index (κ1) is 31.0. The first-order valence-electron chi connectivity index (χ1n) is 13.1. The number of phenolic OH excluding ortho intramolecular Hbond substituents is 4. The molecule has 236 valence electrons. The van der Waals surface area contributed by atoms with Gasteiger partial charge in [0.15, 0.2) is 23.9 Å². The number of hydrogen-bond acceptors (Lipinski definition) is 16. The van der Waals surface area contributed by atoms with Gasteiger partial charge in [0.05, 0.1) is 18.8 Å². The number of aliphatic hydroxyl groups is 7. The third-order valence-corrected chi connectivity index (χ3v) is 7.41. The zero-order chi connectivity index (χ0) is 31.2. The van der Waals surface area contributed by atoms with Gasteiger partial charge in [-0.05, 0) is 18.2 Å². The zero-order valence-corrected chi connectivity index (χ0v) is 22.2. The van der Waals surface area contributed by atoms with Crippen molar-refractivity contribution in [1.82, 2.24) is 0 Å². The van der Waals surface area contributed by atoms with Crippen molar-refractivity contribution in [2.75, 3.05) is 13.2 Å². The standard InChI is InChI=1S/C27H32O16/c28-7-17-19(34)21(36)22(37)26(41-17)43-25-20(35)18(8-29)42-27(23(25)38)40-16-6-11-13(32)4-10(30)5-15(11)39-24(16)9-1-2-12(31)14(33)3-9/h1-6,17-38H,7-8H2. The highest BCUT2D eigenvalue weighted by atomic mass is 16.7. The van der Waals surface area contributed by atoms with Gasteiger partial charge in [0.25, 0.3) is 0 Å². The maximum Gasteiger partial charge on any atom is 0.228 e. The number of aliphatic hydroxyl groups excluding tert-OH is 7. The molecule has 11 N–H and O–H groups in total. The SMILES string of the molecule is OCC1OC(OC2C(O)C(CO)OC(OC3=Cc4c(O)cc(O)cc4OC3c3ccc(O)c(O)c3)C2O)C(O)C(O)C1O. The van der Waals surface area contributed by atoms with Crippen LogP contribution in [0.3, 0.4) is 0 Å². The van der Waals surface area contributed by atoms with E-state index in [9.17, 15) is 56.2 Å². The van der Waals surface area contributed by atoms with E-state index >= 15 is 0 Å². The third-order valence-electron chi connectivity index (χ3n) is 7.41. The lowest BCUT2D eigenvalue weighted by Crippen LogP contribution is -2.64. The van der Waals surface area contributed by atoms with E-state index in [1.165, 1.54) is 24.3 Å². The second kappa shape index (κ2) is 12.3. The summed E-state index contributed by atoms with van der Waals surface area (Å²) in [5.74, 6) is -1.78. The van der Waals surface area contributed by atoms with Gasteiger partial charge in [-0.1, -0.05) is 6.07 Å². The minimum absolute atomic E-state index is 0.0139. The Morgan fingerprint density at radius 3 is 2.02 bits per heavy atom. The molecule has 2 saturated heterocycles. The predicted octanol–water partition coefficient (Wildman–Crippen LogP) is -2.38. The fourth-order valence-electron chi connectivity index (χ4n) is 5.06. The smallest absolute Gasteiger partial charge is 0.228 e. The van der Waals surface area contributed by atoms with Crippen molar-refractivity contribution in [3.05, 3.63) is 47.2 Å². The fraction of sp³-hybridized carbons (Fsp3) is 0.481. The van der Waals surface area contributed by atoms with Crippen molar-refractivity contribution in [2.24, 2.45) is 0 Å². The van der Waals surface area contributed by atoms with E-state index in [4.69, 9.17) is 23.7 Å². The summed E-state index contributed by atoms with van der Waals surface area (Å²) in [7, 11) is 0. The van der Waals surface area contributed by atoms with Gasteiger partial charge in [0.1, 0.15) is 71.8 Å². The molecule has 16 nitrogen and oxygen atoms in total. The molecule has 0 bridgehead atoms. The molecule has 3 aliphatic heterocycles. The molecule has 2 aromatic rings. The molecule has 11 atom stereocenters. The fourth-order valence-corrected chi connectivity index (χ4v) is 5.06. The molecule has 2 fully saturated rings. The first-order valence-corrected chi connectivity index (χ1v) is 13.1. The maximum absolute atomic E-state index is 11.2. The topological polar surface area (TPSA) is 269 Å². The van der Waals surface area contributed by atoms with E-state index in [0.29, 0.717) is 0 Å². The van der Waals surface area contributed by atoms with Crippen LogP contribution in [0.15, 0.2) is 36.1 Å². The minimum Gasteiger partial charge on any atom is -0.508 e. The molecule has 11 unspecified atom stereocenters. The van der Waals surface area contributed by atoms with E-state index in [1.54, 1.807) is 0 Å². The van der Waals surface area contributed by atoms with Crippen LogP contribution < -0.4 is 4.74 Å². The number of phenols is 4. The summed E-state index contributed by atoms with van der Waals surface area (Å²) < 4.78 is 28.4. The van der Waals surface area contributed by atoms with Crippen LogP contribution >= 0.6 is 0 Å². The molecule has 16 heteroatoms. The average Bonchev–Trinajstić information content (AvgIpc) is 2.97. The Kier molecular flexibility index (Phi) is 8.87. The molecule has 0 aromatic heterocycles. The minimum atomic E-state index is -1.88. The molecule has 43 heavy (non-hydrogen) atoms. The molecule has 0 amide bonds. The highest BCUT2D eigenvalue weighted by Gasteiger charge is 2.51. The summed E-state index contributed by atoms with van der Waals surface area (Å²) in [5, 5.41) is 112. The Morgan fingerprint density at radius 1 is 0.674 bits per heavy atom. The van der Waals surface area contributed by atoms with Crippen molar-refractivity contribution in [3.63, 3.8) is 0 Å². The maximum atomic E-state index is 11.2. The van der Waals surface area contributed by atoms with E-state index in [-0.39, 0.29) is 28.4 Å². The van der Waals surface area contributed by atoms with Crippen molar-refractivity contribution in [2.45, 2.75) is 67.5 Å². The summed E-state index contributed by atoms with van der Waals surface area (Å²) in [6.45, 7) is -1.56. The highest BCUT2D eigenvalue weighted by Crippen LogP contribution is 2.45. The lowest BCUT2D eigenvalue weighted by atomic mass is 9.96. The van der Waals surface area contributed by atoms with Gasteiger partial charge in [-0.3, -0.25) is 0 Å². The van der Waals surface area contributed by atoms with Gasteiger partial charge in [-0.2, -0.15) is 0 Å². The van der Waals surface area contributed by atoms with Gasteiger partial charge in [0, 0.05) is 17.7 Å². The molecular weight excluding hydrogens is 580 g/mol. The molecule has 0 spiro atoms. The molecule has 0 aliphatic carbocycles.